The summed E-state index contributed by atoms with van der Waals surface area (Å²) in [6, 6.07) is 13.8. The number of para-hydroxylation sites is 1. The second-order valence-electron chi connectivity index (χ2n) is 7.52. The lowest BCUT2D eigenvalue weighted by Crippen LogP contribution is -2.47. The van der Waals surface area contributed by atoms with E-state index in [4.69, 9.17) is 16.3 Å². The normalized spacial score (nSPS) is 12.3. The van der Waals surface area contributed by atoms with Gasteiger partial charge in [0.05, 0.1) is 6.21 Å². The molecule has 1 atom stereocenters. The predicted octanol–water partition coefficient (Wildman–Crippen LogP) is 3.88. The quantitative estimate of drug-likeness (QED) is 0.348. The SMILES string of the molecule is CC(C)C[C@@H](NC(=O)COc1ccc(Cl)cc1)C(=O)N/N=C\c1c[nH]c2ccccc12. The van der Waals surface area contributed by atoms with Crippen molar-refractivity contribution < 1.29 is 14.3 Å². The molecule has 162 valence electrons. The molecular formula is C23H25ClN4O3. The number of carbonyl (C=O) groups is 2. The molecule has 1 aromatic heterocycles. The van der Waals surface area contributed by atoms with Crippen molar-refractivity contribution in [3.8, 4) is 5.75 Å². The molecule has 0 aliphatic rings. The van der Waals surface area contributed by atoms with Crippen LogP contribution in [0.2, 0.25) is 5.02 Å². The predicted molar refractivity (Wildman–Crippen MR) is 122 cm³/mol. The summed E-state index contributed by atoms with van der Waals surface area (Å²) >= 11 is 5.84. The van der Waals surface area contributed by atoms with Gasteiger partial charge in [-0.05, 0) is 42.7 Å². The molecule has 0 aliphatic carbocycles. The van der Waals surface area contributed by atoms with Crippen LogP contribution >= 0.6 is 11.6 Å². The number of nitrogens with zero attached hydrogens (tertiary/aromatic N) is 1. The first-order valence-electron chi connectivity index (χ1n) is 9.99. The molecular weight excluding hydrogens is 416 g/mol. The number of halogens is 1. The topological polar surface area (TPSA) is 95.6 Å². The molecule has 2 amide bonds. The van der Waals surface area contributed by atoms with E-state index in [-0.39, 0.29) is 18.4 Å². The Hall–Kier alpha value is -3.32. The van der Waals surface area contributed by atoms with Crippen LogP contribution in [0.15, 0.2) is 59.8 Å². The molecule has 0 aliphatic heterocycles. The fourth-order valence-electron chi connectivity index (χ4n) is 3.06. The molecule has 8 heteroatoms. The number of hydrazone groups is 1. The summed E-state index contributed by atoms with van der Waals surface area (Å²) < 4.78 is 5.44. The first-order valence-corrected chi connectivity index (χ1v) is 10.4. The molecule has 2 aromatic carbocycles. The van der Waals surface area contributed by atoms with Gasteiger partial charge in [0.15, 0.2) is 6.61 Å². The molecule has 0 saturated heterocycles. The molecule has 0 spiro atoms. The Morgan fingerprint density at radius 2 is 1.90 bits per heavy atom. The van der Waals surface area contributed by atoms with Gasteiger partial charge in [0, 0.05) is 27.7 Å². The molecule has 3 rings (SSSR count). The number of nitrogens with one attached hydrogen (secondary N) is 3. The van der Waals surface area contributed by atoms with Gasteiger partial charge in [-0.15, -0.1) is 0 Å². The van der Waals surface area contributed by atoms with Crippen LogP contribution in [-0.2, 0) is 9.59 Å². The molecule has 31 heavy (non-hydrogen) atoms. The highest BCUT2D eigenvalue weighted by molar-refractivity contribution is 6.30. The van der Waals surface area contributed by atoms with Gasteiger partial charge in [-0.25, -0.2) is 5.43 Å². The van der Waals surface area contributed by atoms with E-state index in [1.54, 1.807) is 30.5 Å². The summed E-state index contributed by atoms with van der Waals surface area (Å²) in [6.07, 6.45) is 3.87. The second kappa shape index (κ2) is 10.6. The van der Waals surface area contributed by atoms with E-state index in [1.165, 1.54) is 0 Å². The molecule has 0 radical (unpaired) electrons. The van der Waals surface area contributed by atoms with Crippen LogP contribution in [0.5, 0.6) is 5.75 Å². The number of fused-ring (bicyclic) bond motifs is 1. The lowest BCUT2D eigenvalue weighted by Gasteiger charge is -2.19. The first-order chi connectivity index (χ1) is 14.9. The number of hydrogen-bond donors (Lipinski definition) is 3. The molecule has 3 N–H and O–H groups in total. The summed E-state index contributed by atoms with van der Waals surface area (Å²) in [5, 5.41) is 8.37. The lowest BCUT2D eigenvalue weighted by atomic mass is 10.0. The van der Waals surface area contributed by atoms with Gasteiger partial charge < -0.3 is 15.0 Å². The highest BCUT2D eigenvalue weighted by atomic mass is 35.5. The van der Waals surface area contributed by atoms with Crippen molar-refractivity contribution >= 4 is 40.5 Å². The Labute approximate surface area is 185 Å². The number of amides is 2. The van der Waals surface area contributed by atoms with Crippen LogP contribution in [0.4, 0.5) is 0 Å². The van der Waals surface area contributed by atoms with E-state index in [2.05, 4.69) is 20.8 Å². The van der Waals surface area contributed by atoms with E-state index in [9.17, 15) is 9.59 Å². The van der Waals surface area contributed by atoms with Crippen LogP contribution in [0.3, 0.4) is 0 Å². The van der Waals surface area contributed by atoms with Crippen LogP contribution in [0.1, 0.15) is 25.8 Å². The van der Waals surface area contributed by atoms with Crippen LogP contribution in [0, 0.1) is 5.92 Å². The lowest BCUT2D eigenvalue weighted by molar-refractivity contribution is -0.130. The van der Waals surface area contributed by atoms with Crippen molar-refractivity contribution in [3.05, 3.63) is 65.3 Å². The van der Waals surface area contributed by atoms with E-state index >= 15 is 0 Å². The van der Waals surface area contributed by atoms with Gasteiger partial charge >= 0.3 is 0 Å². The Balaban J connectivity index is 1.56. The van der Waals surface area contributed by atoms with Gasteiger partial charge in [-0.2, -0.15) is 5.10 Å². The monoisotopic (exact) mass is 440 g/mol. The average molecular weight is 441 g/mol. The minimum absolute atomic E-state index is 0.200. The number of carbonyl (C=O) groups excluding carboxylic acids is 2. The maximum absolute atomic E-state index is 12.6. The fourth-order valence-corrected chi connectivity index (χ4v) is 3.19. The second-order valence-corrected chi connectivity index (χ2v) is 7.95. The molecule has 7 nitrogen and oxygen atoms in total. The van der Waals surface area contributed by atoms with Crippen molar-refractivity contribution in [1.29, 1.82) is 0 Å². The van der Waals surface area contributed by atoms with Gasteiger partial charge in [-0.1, -0.05) is 43.6 Å². The van der Waals surface area contributed by atoms with E-state index in [1.807, 2.05) is 44.3 Å². The Kier molecular flexibility index (Phi) is 7.67. The highest BCUT2D eigenvalue weighted by Gasteiger charge is 2.22. The number of ether oxygens (including phenoxy) is 1. The number of hydrogen-bond acceptors (Lipinski definition) is 4. The number of aromatic nitrogens is 1. The zero-order valence-electron chi connectivity index (χ0n) is 17.4. The van der Waals surface area contributed by atoms with Crippen molar-refractivity contribution in [2.24, 2.45) is 11.0 Å². The van der Waals surface area contributed by atoms with Gasteiger partial charge in [0.1, 0.15) is 11.8 Å². The van der Waals surface area contributed by atoms with E-state index in [0.717, 1.165) is 16.5 Å². The summed E-state index contributed by atoms with van der Waals surface area (Å²) in [4.78, 5) is 28.1. The number of H-pyrrole nitrogens is 1. The standard InChI is InChI=1S/C23H25ClN4O3/c1-15(2)11-21(27-22(29)14-31-18-9-7-17(24)8-10-18)23(30)28-26-13-16-12-25-20-6-4-3-5-19(16)20/h3-10,12-13,15,21,25H,11,14H2,1-2H3,(H,27,29)(H,28,30)/b26-13-/t21-/m1/s1. The summed E-state index contributed by atoms with van der Waals surface area (Å²) in [6.45, 7) is 3.75. The van der Waals surface area contributed by atoms with Gasteiger partial charge in [0.2, 0.25) is 0 Å². The van der Waals surface area contributed by atoms with E-state index < -0.39 is 11.9 Å². The third-order valence-electron chi connectivity index (χ3n) is 4.54. The molecule has 0 fully saturated rings. The molecule has 0 saturated carbocycles. The molecule has 0 bridgehead atoms. The van der Waals surface area contributed by atoms with Crippen molar-refractivity contribution in [2.75, 3.05) is 6.61 Å². The van der Waals surface area contributed by atoms with Crippen LogP contribution in [-0.4, -0.2) is 35.7 Å². The fraction of sp³-hybridized carbons (Fsp3) is 0.261. The summed E-state index contributed by atoms with van der Waals surface area (Å²) in [5.74, 6) is -0.0560. The number of aromatic amines is 1. The number of benzene rings is 2. The minimum Gasteiger partial charge on any atom is -0.484 e. The Bertz CT molecular complexity index is 1060. The van der Waals surface area contributed by atoms with E-state index in [0.29, 0.717) is 17.2 Å². The van der Waals surface area contributed by atoms with Gasteiger partial charge in [-0.3, -0.25) is 9.59 Å². The first kappa shape index (κ1) is 22.4. The highest BCUT2D eigenvalue weighted by Crippen LogP contribution is 2.16. The number of rotatable bonds is 9. The molecule has 3 aromatic rings. The van der Waals surface area contributed by atoms with Crippen molar-refractivity contribution in [3.63, 3.8) is 0 Å². The van der Waals surface area contributed by atoms with Crippen LogP contribution in [0.25, 0.3) is 10.9 Å². The van der Waals surface area contributed by atoms with Crippen molar-refractivity contribution in [2.45, 2.75) is 26.3 Å². The Morgan fingerprint density at radius 3 is 2.65 bits per heavy atom. The smallest absolute Gasteiger partial charge is 0.262 e. The largest absolute Gasteiger partial charge is 0.484 e. The summed E-state index contributed by atoms with van der Waals surface area (Å²) in [7, 11) is 0. The zero-order chi connectivity index (χ0) is 22.2. The average Bonchev–Trinajstić information content (AvgIpc) is 3.16. The maximum atomic E-state index is 12.6. The zero-order valence-corrected chi connectivity index (χ0v) is 18.1. The third-order valence-corrected chi connectivity index (χ3v) is 4.79. The van der Waals surface area contributed by atoms with Crippen LogP contribution < -0.4 is 15.5 Å². The Morgan fingerprint density at radius 1 is 1.16 bits per heavy atom. The summed E-state index contributed by atoms with van der Waals surface area (Å²) in [5.41, 5.74) is 4.37. The third kappa shape index (κ3) is 6.58. The minimum atomic E-state index is -0.721. The van der Waals surface area contributed by atoms with Crippen molar-refractivity contribution in [1.82, 2.24) is 15.7 Å². The maximum Gasteiger partial charge on any atom is 0.262 e. The molecule has 0 unspecified atom stereocenters. The molecule has 1 heterocycles. The van der Waals surface area contributed by atoms with Gasteiger partial charge in [0.25, 0.3) is 11.8 Å².